The number of para-hydroxylation sites is 1. The van der Waals surface area contributed by atoms with Crippen LogP contribution >= 0.6 is 11.3 Å². The highest BCUT2D eigenvalue weighted by Crippen LogP contribution is 2.44. The van der Waals surface area contributed by atoms with Crippen LogP contribution in [0.2, 0.25) is 0 Å². The van der Waals surface area contributed by atoms with Gasteiger partial charge in [-0.15, -0.1) is 11.3 Å². The molecule has 7 nitrogen and oxygen atoms in total. The Hall–Kier alpha value is -2.97. The minimum absolute atomic E-state index is 0.00339. The Morgan fingerprint density at radius 3 is 2.82 bits per heavy atom. The number of aromatic nitrogens is 4. The van der Waals surface area contributed by atoms with Crippen LogP contribution in [0.25, 0.3) is 11.0 Å². The molecular formula is C20H20N6OS. The van der Waals surface area contributed by atoms with Gasteiger partial charge in [-0.05, 0) is 37.0 Å². The Morgan fingerprint density at radius 1 is 1.18 bits per heavy atom. The summed E-state index contributed by atoms with van der Waals surface area (Å²) in [5.41, 5.74) is 2.58. The fourth-order valence-electron chi connectivity index (χ4n) is 3.20. The number of nitrogens with one attached hydrogen (secondary N) is 2. The molecule has 1 saturated carbocycles. The van der Waals surface area contributed by atoms with Crippen molar-refractivity contribution >= 4 is 45.0 Å². The van der Waals surface area contributed by atoms with E-state index < -0.39 is 0 Å². The van der Waals surface area contributed by atoms with E-state index in [0.29, 0.717) is 24.2 Å². The quantitative estimate of drug-likeness (QED) is 0.437. The smallest absolute Gasteiger partial charge is 0.232 e. The number of benzene rings is 1. The van der Waals surface area contributed by atoms with Crippen LogP contribution in [0.5, 0.6) is 0 Å². The highest BCUT2D eigenvalue weighted by Gasteiger charge is 2.26. The van der Waals surface area contributed by atoms with Crippen LogP contribution in [0, 0.1) is 0 Å². The van der Waals surface area contributed by atoms with E-state index in [-0.39, 0.29) is 6.61 Å². The third kappa shape index (κ3) is 3.32. The van der Waals surface area contributed by atoms with Crippen molar-refractivity contribution in [1.82, 2.24) is 19.9 Å². The fraction of sp³-hybridized carbons (Fsp3) is 0.250. The zero-order valence-electron chi connectivity index (χ0n) is 15.2. The molecule has 3 aromatic heterocycles. The van der Waals surface area contributed by atoms with Gasteiger partial charge in [-0.25, -0.2) is 9.97 Å². The molecule has 3 heterocycles. The second-order valence-corrected chi connectivity index (χ2v) is 7.85. The first kappa shape index (κ1) is 17.2. The topological polar surface area (TPSA) is 90.0 Å². The van der Waals surface area contributed by atoms with Crippen molar-refractivity contribution in [2.45, 2.75) is 18.8 Å². The lowest BCUT2D eigenvalue weighted by Crippen LogP contribution is -2.23. The molecule has 5 rings (SSSR count). The van der Waals surface area contributed by atoms with E-state index in [4.69, 9.17) is 9.97 Å². The van der Waals surface area contributed by atoms with Gasteiger partial charge in [0.2, 0.25) is 5.95 Å². The lowest BCUT2D eigenvalue weighted by atomic mass is 10.3. The monoisotopic (exact) mass is 392 g/mol. The number of H-pyrrole nitrogens is 1. The maximum absolute atomic E-state index is 9.57. The molecule has 1 aliphatic carbocycles. The van der Waals surface area contributed by atoms with Gasteiger partial charge in [0.05, 0.1) is 12.1 Å². The number of aromatic amines is 1. The SMILES string of the molecule is OCCN(c1ccccc1)c1nc(Nc2ncc(C3CC3)s2)c2[nH]ccc2n1. The molecule has 3 N–H and O–H groups in total. The Morgan fingerprint density at radius 2 is 2.04 bits per heavy atom. The lowest BCUT2D eigenvalue weighted by molar-refractivity contribution is 0.305. The molecular weight excluding hydrogens is 372 g/mol. The summed E-state index contributed by atoms with van der Waals surface area (Å²) in [6.45, 7) is 0.409. The molecule has 0 atom stereocenters. The summed E-state index contributed by atoms with van der Waals surface area (Å²) < 4.78 is 0. The summed E-state index contributed by atoms with van der Waals surface area (Å²) in [6.07, 6.45) is 6.33. The van der Waals surface area contributed by atoms with Gasteiger partial charge < -0.3 is 20.3 Å². The molecule has 0 aliphatic heterocycles. The Bertz CT molecular complexity index is 1090. The van der Waals surface area contributed by atoms with E-state index in [1.807, 2.05) is 53.7 Å². The summed E-state index contributed by atoms with van der Waals surface area (Å²) in [5.74, 6) is 1.90. The molecule has 28 heavy (non-hydrogen) atoms. The Labute approximate surface area is 166 Å². The Kier molecular flexibility index (Phi) is 4.42. The summed E-state index contributed by atoms with van der Waals surface area (Å²) in [5, 5.41) is 13.8. The van der Waals surface area contributed by atoms with Crippen molar-refractivity contribution in [2.75, 3.05) is 23.4 Å². The molecule has 0 saturated heterocycles. The molecule has 0 spiro atoms. The third-order valence-electron chi connectivity index (χ3n) is 4.76. The van der Waals surface area contributed by atoms with Gasteiger partial charge in [-0.2, -0.15) is 4.98 Å². The third-order valence-corrected chi connectivity index (χ3v) is 5.83. The minimum atomic E-state index is 0.00339. The number of aliphatic hydroxyl groups is 1. The van der Waals surface area contributed by atoms with Crippen molar-refractivity contribution in [3.63, 3.8) is 0 Å². The second kappa shape index (κ2) is 7.21. The zero-order valence-corrected chi connectivity index (χ0v) is 16.0. The van der Waals surface area contributed by atoms with Gasteiger partial charge in [-0.1, -0.05) is 18.2 Å². The van der Waals surface area contributed by atoms with E-state index in [1.54, 1.807) is 11.3 Å². The van der Waals surface area contributed by atoms with Gasteiger partial charge in [0.15, 0.2) is 10.9 Å². The molecule has 0 unspecified atom stereocenters. The number of hydrogen-bond acceptors (Lipinski definition) is 7. The van der Waals surface area contributed by atoms with Gasteiger partial charge in [0.25, 0.3) is 0 Å². The van der Waals surface area contributed by atoms with Crippen LogP contribution in [-0.4, -0.2) is 38.2 Å². The molecule has 4 aromatic rings. The number of hydrogen-bond donors (Lipinski definition) is 3. The molecule has 0 radical (unpaired) electrons. The number of thiazole rings is 1. The first-order chi connectivity index (χ1) is 13.8. The van der Waals surface area contributed by atoms with E-state index in [9.17, 15) is 5.11 Å². The molecule has 142 valence electrons. The van der Waals surface area contributed by atoms with Crippen LogP contribution in [0.4, 0.5) is 22.6 Å². The van der Waals surface area contributed by atoms with Crippen molar-refractivity contribution in [1.29, 1.82) is 0 Å². The first-order valence-corrected chi connectivity index (χ1v) is 10.1. The molecule has 8 heteroatoms. The zero-order chi connectivity index (χ0) is 18.9. The van der Waals surface area contributed by atoms with E-state index in [2.05, 4.69) is 15.3 Å². The van der Waals surface area contributed by atoms with Crippen LogP contribution < -0.4 is 10.2 Å². The number of nitrogens with zero attached hydrogens (tertiary/aromatic N) is 4. The normalized spacial score (nSPS) is 13.8. The summed E-state index contributed by atoms with van der Waals surface area (Å²) in [7, 11) is 0. The Balaban J connectivity index is 1.54. The number of fused-ring (bicyclic) bond motifs is 1. The van der Waals surface area contributed by atoms with Gasteiger partial charge in [0.1, 0.15) is 5.52 Å². The number of rotatable bonds is 7. The maximum atomic E-state index is 9.57. The largest absolute Gasteiger partial charge is 0.395 e. The number of aliphatic hydroxyl groups excluding tert-OH is 1. The second-order valence-electron chi connectivity index (χ2n) is 6.79. The van der Waals surface area contributed by atoms with Crippen LogP contribution in [0.1, 0.15) is 23.6 Å². The summed E-state index contributed by atoms with van der Waals surface area (Å²) in [6, 6.07) is 11.8. The average molecular weight is 392 g/mol. The number of anilines is 4. The first-order valence-electron chi connectivity index (χ1n) is 9.33. The van der Waals surface area contributed by atoms with Crippen molar-refractivity contribution in [3.05, 3.63) is 53.7 Å². The van der Waals surface area contributed by atoms with E-state index >= 15 is 0 Å². The molecule has 1 aliphatic rings. The van der Waals surface area contributed by atoms with Crippen molar-refractivity contribution in [2.24, 2.45) is 0 Å². The van der Waals surface area contributed by atoms with Crippen LogP contribution in [0.3, 0.4) is 0 Å². The highest BCUT2D eigenvalue weighted by atomic mass is 32.1. The van der Waals surface area contributed by atoms with Gasteiger partial charge >= 0.3 is 0 Å². The predicted molar refractivity (Wildman–Crippen MR) is 112 cm³/mol. The van der Waals surface area contributed by atoms with E-state index in [0.717, 1.165) is 21.9 Å². The molecule has 0 bridgehead atoms. The maximum Gasteiger partial charge on any atom is 0.232 e. The van der Waals surface area contributed by atoms with Crippen LogP contribution in [0.15, 0.2) is 48.8 Å². The molecule has 1 fully saturated rings. The van der Waals surface area contributed by atoms with Crippen molar-refractivity contribution < 1.29 is 5.11 Å². The standard InChI is InChI=1S/C20H20N6OS/c27-11-10-26(14-4-2-1-3-5-14)19-23-15-8-9-21-17(15)18(24-19)25-20-22-12-16(28-20)13-6-7-13/h1-5,8-9,12-13,21,27H,6-7,10-11H2,(H,22,23,24,25). The summed E-state index contributed by atoms with van der Waals surface area (Å²) in [4.78, 5) is 20.4. The van der Waals surface area contributed by atoms with Gasteiger partial charge in [0, 0.05) is 29.5 Å². The van der Waals surface area contributed by atoms with Crippen LogP contribution in [-0.2, 0) is 0 Å². The lowest BCUT2D eigenvalue weighted by Gasteiger charge is -2.22. The molecule has 0 amide bonds. The van der Waals surface area contributed by atoms with Crippen molar-refractivity contribution in [3.8, 4) is 0 Å². The average Bonchev–Trinajstić information content (AvgIpc) is 3.27. The van der Waals surface area contributed by atoms with Gasteiger partial charge in [-0.3, -0.25) is 0 Å². The fourth-order valence-corrected chi connectivity index (χ4v) is 4.18. The predicted octanol–water partition coefficient (Wildman–Crippen LogP) is 4.17. The van der Waals surface area contributed by atoms with E-state index in [1.165, 1.54) is 17.7 Å². The minimum Gasteiger partial charge on any atom is -0.395 e. The molecule has 1 aromatic carbocycles. The summed E-state index contributed by atoms with van der Waals surface area (Å²) >= 11 is 1.68. The highest BCUT2D eigenvalue weighted by molar-refractivity contribution is 7.15.